The molecule has 2 unspecified atom stereocenters. The Labute approximate surface area is 90.0 Å². The van der Waals surface area contributed by atoms with Gasteiger partial charge in [0.25, 0.3) is 0 Å². The second-order valence-corrected chi connectivity index (χ2v) is 4.32. The number of hydrogen-bond donors (Lipinski definition) is 2. The van der Waals surface area contributed by atoms with E-state index in [9.17, 15) is 5.11 Å². The van der Waals surface area contributed by atoms with Gasteiger partial charge in [-0.15, -0.1) is 0 Å². The molecule has 0 aromatic rings. The SMILES string of the molecule is CNC(CSC)C(O)N1CCOCC1. The Morgan fingerprint density at radius 2 is 2.14 bits per heavy atom. The number of thioether (sulfide) groups is 1. The van der Waals surface area contributed by atoms with Crippen LogP contribution in [-0.4, -0.2) is 67.6 Å². The van der Waals surface area contributed by atoms with Gasteiger partial charge in [-0.2, -0.15) is 11.8 Å². The average Bonchev–Trinajstić information content (AvgIpc) is 2.26. The summed E-state index contributed by atoms with van der Waals surface area (Å²) in [5.41, 5.74) is 0. The maximum absolute atomic E-state index is 10.1. The van der Waals surface area contributed by atoms with Crippen LogP contribution in [0.3, 0.4) is 0 Å². The minimum atomic E-state index is -0.392. The van der Waals surface area contributed by atoms with Gasteiger partial charge in [0, 0.05) is 18.8 Å². The topological polar surface area (TPSA) is 44.7 Å². The Morgan fingerprint density at radius 3 is 2.64 bits per heavy atom. The highest BCUT2D eigenvalue weighted by Gasteiger charge is 2.25. The third-order valence-electron chi connectivity index (χ3n) is 2.50. The van der Waals surface area contributed by atoms with Gasteiger partial charge in [-0.1, -0.05) is 0 Å². The highest BCUT2D eigenvalue weighted by atomic mass is 32.2. The van der Waals surface area contributed by atoms with Crippen molar-refractivity contribution in [1.82, 2.24) is 10.2 Å². The minimum Gasteiger partial charge on any atom is -0.379 e. The Bertz CT molecular complexity index is 149. The summed E-state index contributed by atoms with van der Waals surface area (Å²) in [6.07, 6.45) is 1.66. The van der Waals surface area contributed by atoms with Gasteiger partial charge < -0.3 is 15.2 Å². The smallest absolute Gasteiger partial charge is 0.123 e. The number of morpholine rings is 1. The van der Waals surface area contributed by atoms with Crippen molar-refractivity contribution < 1.29 is 9.84 Å². The normalized spacial score (nSPS) is 23.4. The lowest BCUT2D eigenvalue weighted by atomic mass is 10.2. The second-order valence-electron chi connectivity index (χ2n) is 3.41. The molecule has 4 nitrogen and oxygen atoms in total. The first-order valence-electron chi connectivity index (χ1n) is 4.95. The minimum absolute atomic E-state index is 0.142. The Kier molecular flexibility index (Phi) is 5.81. The Morgan fingerprint density at radius 1 is 1.50 bits per heavy atom. The number of nitrogens with one attached hydrogen (secondary N) is 1. The van der Waals surface area contributed by atoms with Crippen LogP contribution >= 0.6 is 11.8 Å². The van der Waals surface area contributed by atoms with Crippen molar-refractivity contribution in [2.24, 2.45) is 0 Å². The van der Waals surface area contributed by atoms with Gasteiger partial charge in [0.05, 0.1) is 19.3 Å². The number of rotatable bonds is 5. The molecule has 1 fully saturated rings. The quantitative estimate of drug-likeness (QED) is 0.659. The molecule has 0 bridgehead atoms. The fourth-order valence-corrected chi connectivity index (χ4v) is 2.29. The molecule has 1 rings (SSSR count). The average molecular weight is 220 g/mol. The number of aliphatic hydroxyl groups is 1. The molecule has 5 heteroatoms. The molecule has 2 N–H and O–H groups in total. The van der Waals surface area contributed by atoms with E-state index in [1.54, 1.807) is 11.8 Å². The molecule has 2 atom stereocenters. The predicted octanol–water partition coefficient (Wildman–Crippen LogP) is -0.412. The molecule has 0 amide bonds. The molecule has 14 heavy (non-hydrogen) atoms. The third kappa shape index (κ3) is 3.40. The van der Waals surface area contributed by atoms with Gasteiger partial charge >= 0.3 is 0 Å². The van der Waals surface area contributed by atoms with Crippen molar-refractivity contribution in [1.29, 1.82) is 0 Å². The van der Waals surface area contributed by atoms with E-state index in [-0.39, 0.29) is 6.04 Å². The molecular weight excluding hydrogens is 200 g/mol. The number of ether oxygens (including phenoxy) is 1. The zero-order valence-corrected chi connectivity index (χ0v) is 9.72. The van der Waals surface area contributed by atoms with Gasteiger partial charge in [0.15, 0.2) is 0 Å². The fraction of sp³-hybridized carbons (Fsp3) is 1.00. The molecule has 0 spiro atoms. The summed E-state index contributed by atoms with van der Waals surface area (Å²) in [5, 5.41) is 13.2. The van der Waals surface area contributed by atoms with Gasteiger partial charge in [0.1, 0.15) is 6.23 Å². The van der Waals surface area contributed by atoms with Crippen LogP contribution in [-0.2, 0) is 4.74 Å². The third-order valence-corrected chi connectivity index (χ3v) is 3.19. The van der Waals surface area contributed by atoms with Crippen molar-refractivity contribution in [2.45, 2.75) is 12.3 Å². The number of likely N-dealkylation sites (N-methyl/N-ethyl adjacent to an activating group) is 1. The summed E-state index contributed by atoms with van der Waals surface area (Å²) in [7, 11) is 1.89. The maximum atomic E-state index is 10.1. The monoisotopic (exact) mass is 220 g/mol. The van der Waals surface area contributed by atoms with Crippen molar-refractivity contribution >= 4 is 11.8 Å². The molecule has 84 valence electrons. The highest BCUT2D eigenvalue weighted by molar-refractivity contribution is 7.98. The van der Waals surface area contributed by atoms with Gasteiger partial charge in [-0.05, 0) is 13.3 Å². The van der Waals surface area contributed by atoms with E-state index in [2.05, 4.69) is 16.5 Å². The van der Waals surface area contributed by atoms with Crippen LogP contribution < -0.4 is 5.32 Å². The van der Waals surface area contributed by atoms with E-state index in [1.165, 1.54) is 0 Å². The lowest BCUT2D eigenvalue weighted by molar-refractivity contribution is -0.0701. The summed E-state index contributed by atoms with van der Waals surface area (Å²) >= 11 is 1.75. The number of nitrogens with zero attached hydrogens (tertiary/aromatic N) is 1. The van der Waals surface area contributed by atoms with Crippen LogP contribution in [0.25, 0.3) is 0 Å². The molecule has 1 heterocycles. The Hall–Kier alpha value is 0.190. The van der Waals surface area contributed by atoms with Crippen LogP contribution in [0.1, 0.15) is 0 Å². The first-order valence-corrected chi connectivity index (χ1v) is 6.35. The summed E-state index contributed by atoms with van der Waals surface area (Å²) in [6, 6.07) is 0.142. The van der Waals surface area contributed by atoms with E-state index in [0.29, 0.717) is 0 Å². The summed E-state index contributed by atoms with van der Waals surface area (Å²) in [5.74, 6) is 0.926. The molecule has 1 aliphatic heterocycles. The van der Waals surface area contributed by atoms with E-state index in [4.69, 9.17) is 4.74 Å². The second kappa shape index (κ2) is 6.63. The van der Waals surface area contributed by atoms with Crippen LogP contribution in [0.15, 0.2) is 0 Å². The first kappa shape index (κ1) is 12.3. The van der Waals surface area contributed by atoms with Crippen molar-refractivity contribution in [2.75, 3.05) is 45.4 Å². The molecule has 1 saturated heterocycles. The molecule has 1 aliphatic rings. The molecule has 0 aliphatic carbocycles. The van der Waals surface area contributed by atoms with Crippen molar-refractivity contribution in [3.63, 3.8) is 0 Å². The summed E-state index contributed by atoms with van der Waals surface area (Å²) < 4.78 is 5.24. The number of aliphatic hydroxyl groups excluding tert-OH is 1. The lowest BCUT2D eigenvalue weighted by Gasteiger charge is -2.35. The molecule has 0 radical (unpaired) electrons. The molecule has 0 aromatic heterocycles. The summed E-state index contributed by atoms with van der Waals surface area (Å²) in [6.45, 7) is 3.11. The predicted molar refractivity (Wildman–Crippen MR) is 59.6 cm³/mol. The van der Waals surface area contributed by atoms with E-state index in [0.717, 1.165) is 32.1 Å². The highest BCUT2D eigenvalue weighted by Crippen LogP contribution is 2.08. The van der Waals surface area contributed by atoms with Crippen LogP contribution in [0.2, 0.25) is 0 Å². The van der Waals surface area contributed by atoms with Gasteiger partial charge in [-0.25, -0.2) is 0 Å². The molecule has 0 saturated carbocycles. The van der Waals surface area contributed by atoms with Gasteiger partial charge in [0.2, 0.25) is 0 Å². The standard InChI is InChI=1S/C9H20N2O2S/c1-10-8(7-14-2)9(12)11-3-5-13-6-4-11/h8-10,12H,3-7H2,1-2H3. The zero-order valence-electron chi connectivity index (χ0n) is 8.90. The van der Waals surface area contributed by atoms with E-state index in [1.807, 2.05) is 7.05 Å². The largest absolute Gasteiger partial charge is 0.379 e. The van der Waals surface area contributed by atoms with E-state index < -0.39 is 6.23 Å². The van der Waals surface area contributed by atoms with Crippen LogP contribution in [0.5, 0.6) is 0 Å². The Balaban J connectivity index is 2.38. The van der Waals surface area contributed by atoms with E-state index >= 15 is 0 Å². The number of hydrogen-bond acceptors (Lipinski definition) is 5. The summed E-state index contributed by atoms with van der Waals surface area (Å²) in [4.78, 5) is 2.07. The fourth-order valence-electron chi connectivity index (χ4n) is 1.59. The maximum Gasteiger partial charge on any atom is 0.123 e. The van der Waals surface area contributed by atoms with Crippen molar-refractivity contribution in [3.8, 4) is 0 Å². The first-order chi connectivity index (χ1) is 6.79. The zero-order chi connectivity index (χ0) is 10.4. The molecular formula is C9H20N2O2S. The van der Waals surface area contributed by atoms with Crippen molar-refractivity contribution in [3.05, 3.63) is 0 Å². The lowest BCUT2D eigenvalue weighted by Crippen LogP contribution is -2.53. The van der Waals surface area contributed by atoms with Crippen LogP contribution in [0, 0.1) is 0 Å². The molecule has 0 aromatic carbocycles. The van der Waals surface area contributed by atoms with Gasteiger partial charge in [-0.3, -0.25) is 4.90 Å². The van der Waals surface area contributed by atoms with Crippen LogP contribution in [0.4, 0.5) is 0 Å².